The first-order valence-corrected chi connectivity index (χ1v) is 6.60. The second-order valence-corrected chi connectivity index (χ2v) is 4.56. The van der Waals surface area contributed by atoms with Crippen LogP contribution in [0.1, 0.15) is 11.1 Å². The highest BCUT2D eigenvalue weighted by Crippen LogP contribution is 2.21. The van der Waals surface area contributed by atoms with E-state index in [2.05, 4.69) is 9.98 Å². The Bertz CT molecular complexity index is 650. The molecule has 22 heavy (non-hydrogen) atoms. The lowest BCUT2D eigenvalue weighted by Crippen LogP contribution is -1.91. The van der Waals surface area contributed by atoms with Crippen molar-refractivity contribution in [2.75, 3.05) is 13.1 Å². The van der Waals surface area contributed by atoms with Gasteiger partial charge in [0.15, 0.2) is 0 Å². The summed E-state index contributed by atoms with van der Waals surface area (Å²) in [7, 11) is 0. The molecule has 0 amide bonds. The smallest absolute Gasteiger partial charge is 0.124 e. The molecule has 0 atom stereocenters. The maximum absolute atomic E-state index is 9.56. The van der Waals surface area contributed by atoms with Crippen LogP contribution in [0.4, 0.5) is 0 Å². The number of phenolic OH excluding ortho intramolecular Hbond substituents is 4. The molecule has 2 aromatic rings. The molecule has 0 aromatic heterocycles. The molecule has 4 N–H and O–H groups in total. The number of hydrogen-bond donors (Lipinski definition) is 4. The number of phenols is 4. The molecular weight excluding hydrogens is 284 g/mol. The van der Waals surface area contributed by atoms with Gasteiger partial charge in [0.05, 0.1) is 13.1 Å². The van der Waals surface area contributed by atoms with Crippen molar-refractivity contribution in [2.24, 2.45) is 9.98 Å². The Morgan fingerprint density at radius 3 is 1.50 bits per heavy atom. The van der Waals surface area contributed by atoms with E-state index >= 15 is 0 Å². The molecule has 0 saturated heterocycles. The van der Waals surface area contributed by atoms with Crippen LogP contribution in [0, 0.1) is 0 Å². The molecule has 0 heterocycles. The van der Waals surface area contributed by atoms with Gasteiger partial charge in [0.1, 0.15) is 23.0 Å². The number of nitrogens with zero attached hydrogens (tertiary/aromatic N) is 2. The number of benzene rings is 2. The predicted octanol–water partition coefficient (Wildman–Crippen LogP) is 2.05. The van der Waals surface area contributed by atoms with Crippen LogP contribution in [0.5, 0.6) is 23.0 Å². The molecule has 0 spiro atoms. The minimum Gasteiger partial charge on any atom is -0.508 e. The molecule has 2 rings (SSSR count). The summed E-state index contributed by atoms with van der Waals surface area (Å²) in [6, 6.07) is 8.37. The van der Waals surface area contributed by atoms with Crippen LogP contribution in [0.2, 0.25) is 0 Å². The Morgan fingerprint density at radius 2 is 1.09 bits per heavy atom. The van der Waals surface area contributed by atoms with Crippen LogP contribution in [0.3, 0.4) is 0 Å². The van der Waals surface area contributed by atoms with Crippen molar-refractivity contribution < 1.29 is 20.4 Å². The van der Waals surface area contributed by atoms with E-state index in [1.165, 1.54) is 48.8 Å². The number of rotatable bonds is 5. The lowest BCUT2D eigenvalue weighted by Gasteiger charge is -1.99. The summed E-state index contributed by atoms with van der Waals surface area (Å²) in [5.41, 5.74) is 0.851. The van der Waals surface area contributed by atoms with E-state index in [0.29, 0.717) is 24.2 Å². The zero-order valence-electron chi connectivity index (χ0n) is 11.7. The van der Waals surface area contributed by atoms with Gasteiger partial charge in [0.2, 0.25) is 0 Å². The normalized spacial score (nSPS) is 11.5. The van der Waals surface area contributed by atoms with Gasteiger partial charge < -0.3 is 20.4 Å². The summed E-state index contributed by atoms with van der Waals surface area (Å²) >= 11 is 0. The van der Waals surface area contributed by atoms with Crippen molar-refractivity contribution in [3.05, 3.63) is 47.5 Å². The first-order valence-electron chi connectivity index (χ1n) is 6.60. The fourth-order valence-electron chi connectivity index (χ4n) is 1.73. The van der Waals surface area contributed by atoms with Crippen LogP contribution in [0.15, 0.2) is 46.4 Å². The van der Waals surface area contributed by atoms with Crippen molar-refractivity contribution in [1.82, 2.24) is 0 Å². The van der Waals surface area contributed by atoms with Crippen molar-refractivity contribution in [3.63, 3.8) is 0 Å². The van der Waals surface area contributed by atoms with Crippen LogP contribution in [-0.2, 0) is 0 Å². The molecule has 0 bridgehead atoms. The van der Waals surface area contributed by atoms with Gasteiger partial charge in [-0.15, -0.1) is 0 Å². The second-order valence-electron chi connectivity index (χ2n) is 4.56. The Kier molecular flexibility index (Phi) is 4.98. The van der Waals surface area contributed by atoms with Crippen LogP contribution < -0.4 is 0 Å². The van der Waals surface area contributed by atoms with Crippen molar-refractivity contribution >= 4 is 12.4 Å². The summed E-state index contributed by atoms with van der Waals surface area (Å²) in [6.45, 7) is 0.760. The predicted molar refractivity (Wildman–Crippen MR) is 84.5 cm³/mol. The lowest BCUT2D eigenvalue weighted by atomic mass is 10.2. The molecule has 0 aliphatic rings. The molecular formula is C16H16N2O4. The zero-order chi connectivity index (χ0) is 15.9. The average molecular weight is 300 g/mol. The van der Waals surface area contributed by atoms with Crippen molar-refractivity contribution in [3.8, 4) is 23.0 Å². The van der Waals surface area contributed by atoms with Gasteiger partial charge in [-0.1, -0.05) is 0 Å². The Labute approximate surface area is 127 Å². The van der Waals surface area contributed by atoms with Gasteiger partial charge >= 0.3 is 0 Å². The summed E-state index contributed by atoms with van der Waals surface area (Å²) in [6.07, 6.45) is 2.91. The lowest BCUT2D eigenvalue weighted by molar-refractivity contribution is 0.459. The van der Waals surface area contributed by atoms with E-state index in [4.69, 9.17) is 0 Å². The molecule has 0 unspecified atom stereocenters. The summed E-state index contributed by atoms with van der Waals surface area (Å²) in [4.78, 5) is 8.19. The molecule has 0 aliphatic carbocycles. The molecule has 6 heteroatoms. The van der Waals surface area contributed by atoms with E-state index in [1.807, 2.05) is 0 Å². The molecule has 6 nitrogen and oxygen atoms in total. The number of aromatic hydroxyl groups is 4. The van der Waals surface area contributed by atoms with E-state index < -0.39 is 0 Å². The van der Waals surface area contributed by atoms with Crippen molar-refractivity contribution in [1.29, 1.82) is 0 Å². The van der Waals surface area contributed by atoms with E-state index in [-0.39, 0.29) is 23.0 Å². The summed E-state index contributed by atoms with van der Waals surface area (Å²) in [5, 5.41) is 37.7. The first-order chi connectivity index (χ1) is 10.6. The monoisotopic (exact) mass is 300 g/mol. The second kappa shape index (κ2) is 7.12. The van der Waals surface area contributed by atoms with Crippen LogP contribution in [-0.4, -0.2) is 45.9 Å². The SMILES string of the molecule is Oc1ccc(O)c(C=NCCN=Cc2cc(O)ccc2O)c1. The summed E-state index contributed by atoms with van der Waals surface area (Å²) in [5.74, 6) is 0.178. The van der Waals surface area contributed by atoms with Crippen LogP contribution >= 0.6 is 0 Å². The third kappa shape index (κ3) is 4.24. The maximum Gasteiger partial charge on any atom is 0.124 e. The molecule has 0 aliphatic heterocycles. The minimum absolute atomic E-state index is 0.0368. The van der Waals surface area contributed by atoms with Crippen molar-refractivity contribution in [2.45, 2.75) is 0 Å². The van der Waals surface area contributed by atoms with Gasteiger partial charge in [-0.2, -0.15) is 0 Å². The molecule has 0 saturated carbocycles. The minimum atomic E-state index is 0.0368. The van der Waals surface area contributed by atoms with E-state index in [0.717, 1.165) is 0 Å². The highest BCUT2D eigenvalue weighted by molar-refractivity contribution is 5.84. The van der Waals surface area contributed by atoms with Gasteiger partial charge in [-0.05, 0) is 36.4 Å². The van der Waals surface area contributed by atoms with Gasteiger partial charge in [-0.25, -0.2) is 0 Å². The fraction of sp³-hybridized carbons (Fsp3) is 0.125. The Hall–Kier alpha value is -3.02. The highest BCUT2D eigenvalue weighted by Gasteiger charge is 1.99. The first kappa shape index (κ1) is 15.4. The van der Waals surface area contributed by atoms with Gasteiger partial charge in [0.25, 0.3) is 0 Å². The maximum atomic E-state index is 9.56. The topological polar surface area (TPSA) is 106 Å². The molecule has 114 valence electrons. The fourth-order valence-corrected chi connectivity index (χ4v) is 1.73. The largest absolute Gasteiger partial charge is 0.508 e. The third-order valence-electron chi connectivity index (χ3n) is 2.84. The number of hydrogen-bond acceptors (Lipinski definition) is 6. The Balaban J connectivity index is 1.89. The van der Waals surface area contributed by atoms with Gasteiger partial charge in [-0.3, -0.25) is 9.98 Å². The Morgan fingerprint density at radius 1 is 0.682 bits per heavy atom. The summed E-state index contributed by atoms with van der Waals surface area (Å²) < 4.78 is 0. The standard InChI is InChI=1S/C16H16N2O4/c19-13-1-3-15(21)11(7-13)9-17-5-6-18-10-12-8-14(20)2-4-16(12)22/h1-4,7-10,19-22H,5-6H2. The van der Waals surface area contributed by atoms with E-state index in [1.54, 1.807) is 0 Å². The molecule has 2 aromatic carbocycles. The van der Waals surface area contributed by atoms with Crippen LogP contribution in [0.25, 0.3) is 0 Å². The zero-order valence-corrected chi connectivity index (χ0v) is 11.7. The molecule has 0 radical (unpaired) electrons. The van der Waals surface area contributed by atoms with Gasteiger partial charge in [0, 0.05) is 23.6 Å². The van der Waals surface area contributed by atoms with E-state index in [9.17, 15) is 20.4 Å². The third-order valence-corrected chi connectivity index (χ3v) is 2.84. The average Bonchev–Trinajstić information content (AvgIpc) is 2.49. The molecule has 0 fully saturated rings. The number of aliphatic imine (C=N–C) groups is 2. The quantitative estimate of drug-likeness (QED) is 0.385. The highest BCUT2D eigenvalue weighted by atomic mass is 16.3.